The zero-order valence-electron chi connectivity index (χ0n) is 15.5. The summed E-state index contributed by atoms with van der Waals surface area (Å²) in [5.74, 6) is -0.225. The lowest BCUT2D eigenvalue weighted by Crippen LogP contribution is -2.29. The van der Waals surface area contributed by atoms with E-state index in [4.69, 9.17) is 4.98 Å². The Balaban J connectivity index is 1.46. The maximum absolute atomic E-state index is 13.0. The van der Waals surface area contributed by atoms with Gasteiger partial charge in [0.25, 0.3) is 5.91 Å². The van der Waals surface area contributed by atoms with Crippen molar-refractivity contribution in [1.82, 2.24) is 15.4 Å². The second kappa shape index (κ2) is 7.27. The number of benzene rings is 2. The minimum Gasteiger partial charge on any atom is -0.273 e. The third kappa shape index (κ3) is 3.46. The van der Waals surface area contributed by atoms with Crippen LogP contribution in [0.4, 0.5) is 5.13 Å². The van der Waals surface area contributed by atoms with E-state index < -0.39 is 0 Å². The molecule has 5 aromatic rings. The van der Waals surface area contributed by atoms with Gasteiger partial charge in [0.2, 0.25) is 5.13 Å². The number of hydrogen-bond donors (Lipinski definition) is 2. The van der Waals surface area contributed by atoms with Gasteiger partial charge in [-0.15, -0.1) is 11.3 Å². The molecule has 142 valence electrons. The summed E-state index contributed by atoms with van der Waals surface area (Å²) in [6.45, 7) is 2.05. The van der Waals surface area contributed by atoms with E-state index in [0.29, 0.717) is 10.7 Å². The van der Waals surface area contributed by atoms with E-state index >= 15 is 0 Å². The molecule has 0 atom stereocenters. The van der Waals surface area contributed by atoms with E-state index in [9.17, 15) is 4.79 Å². The smallest absolute Gasteiger partial charge is 0.270 e. The standard InChI is InChI=1S/C22H16N4OS2/c1-13-8-9-17-20(11-13)29-22(24-17)26-25-21(27)15-12-18(19-7-4-10-28-19)23-16-6-3-2-5-14(15)16/h2-12H,1H3,(H,24,26)(H,25,27). The molecule has 2 N–H and O–H groups in total. The zero-order valence-corrected chi connectivity index (χ0v) is 17.1. The lowest BCUT2D eigenvalue weighted by molar-refractivity contribution is 0.0964. The van der Waals surface area contributed by atoms with Crippen molar-refractivity contribution in [1.29, 1.82) is 0 Å². The molecule has 3 heterocycles. The highest BCUT2D eigenvalue weighted by atomic mass is 32.1. The molecular weight excluding hydrogens is 400 g/mol. The Bertz CT molecular complexity index is 1340. The highest BCUT2D eigenvalue weighted by Crippen LogP contribution is 2.29. The first-order chi connectivity index (χ1) is 14.2. The molecule has 3 aromatic heterocycles. The number of nitrogens with zero attached hydrogens (tertiary/aromatic N) is 2. The summed E-state index contributed by atoms with van der Waals surface area (Å²) >= 11 is 3.11. The van der Waals surface area contributed by atoms with Crippen molar-refractivity contribution in [3.63, 3.8) is 0 Å². The van der Waals surface area contributed by atoms with Crippen molar-refractivity contribution in [2.45, 2.75) is 6.92 Å². The summed E-state index contributed by atoms with van der Waals surface area (Å²) in [5.41, 5.74) is 10.00. The molecule has 0 spiro atoms. The van der Waals surface area contributed by atoms with Crippen LogP contribution in [-0.4, -0.2) is 15.9 Å². The molecule has 2 aromatic carbocycles. The van der Waals surface area contributed by atoms with Gasteiger partial charge >= 0.3 is 0 Å². The Morgan fingerprint density at radius 2 is 1.86 bits per heavy atom. The fourth-order valence-corrected chi connectivity index (χ4v) is 4.78. The molecule has 1 amide bonds. The number of pyridine rings is 1. The number of thiazole rings is 1. The summed E-state index contributed by atoms with van der Waals surface area (Å²) in [6, 6.07) is 19.6. The molecule has 0 fully saturated rings. The molecular formula is C22H16N4OS2. The summed E-state index contributed by atoms with van der Waals surface area (Å²) < 4.78 is 1.08. The van der Waals surface area contributed by atoms with Crippen LogP contribution in [0.3, 0.4) is 0 Å². The van der Waals surface area contributed by atoms with Crippen molar-refractivity contribution in [2.75, 3.05) is 5.43 Å². The number of amides is 1. The SMILES string of the molecule is Cc1ccc2nc(NNC(=O)c3cc(-c4cccs4)nc4ccccc34)sc2c1. The van der Waals surface area contributed by atoms with Gasteiger partial charge in [-0.1, -0.05) is 41.7 Å². The number of aromatic nitrogens is 2. The first kappa shape index (κ1) is 17.8. The largest absolute Gasteiger partial charge is 0.273 e. The third-order valence-electron chi connectivity index (χ3n) is 4.56. The van der Waals surface area contributed by atoms with Gasteiger partial charge in [-0.3, -0.25) is 15.6 Å². The molecule has 0 aliphatic carbocycles. The van der Waals surface area contributed by atoms with Gasteiger partial charge in [0.15, 0.2) is 0 Å². The number of aryl methyl sites for hydroxylation is 1. The average Bonchev–Trinajstić information content (AvgIpc) is 3.40. The highest BCUT2D eigenvalue weighted by Gasteiger charge is 2.15. The minimum atomic E-state index is -0.225. The molecule has 0 aliphatic heterocycles. The normalized spacial score (nSPS) is 11.1. The molecule has 7 heteroatoms. The predicted molar refractivity (Wildman–Crippen MR) is 121 cm³/mol. The maximum Gasteiger partial charge on any atom is 0.270 e. The number of thiophene rings is 1. The number of para-hydroxylation sites is 1. The Morgan fingerprint density at radius 1 is 0.966 bits per heavy atom. The van der Waals surface area contributed by atoms with Crippen molar-refractivity contribution < 1.29 is 4.79 Å². The number of hydrazine groups is 1. The van der Waals surface area contributed by atoms with E-state index in [2.05, 4.69) is 21.9 Å². The van der Waals surface area contributed by atoms with Crippen LogP contribution < -0.4 is 10.9 Å². The molecule has 29 heavy (non-hydrogen) atoms. The Labute approximate surface area is 175 Å². The van der Waals surface area contributed by atoms with E-state index in [-0.39, 0.29) is 5.91 Å². The molecule has 5 nitrogen and oxygen atoms in total. The van der Waals surface area contributed by atoms with Crippen LogP contribution in [-0.2, 0) is 0 Å². The number of anilines is 1. The first-order valence-corrected chi connectivity index (χ1v) is 10.7. The quantitative estimate of drug-likeness (QED) is 0.372. The van der Waals surface area contributed by atoms with Gasteiger partial charge in [0.1, 0.15) is 0 Å². The van der Waals surface area contributed by atoms with Gasteiger partial charge in [-0.25, -0.2) is 9.97 Å². The summed E-state index contributed by atoms with van der Waals surface area (Å²) in [5, 5.41) is 3.46. The van der Waals surface area contributed by atoms with Crippen LogP contribution in [0.5, 0.6) is 0 Å². The van der Waals surface area contributed by atoms with Crippen molar-refractivity contribution in [3.05, 3.63) is 77.2 Å². The van der Waals surface area contributed by atoms with Gasteiger partial charge in [-0.2, -0.15) is 0 Å². The second-order valence-corrected chi connectivity index (χ2v) is 8.60. The lowest BCUT2D eigenvalue weighted by Gasteiger charge is -2.10. The van der Waals surface area contributed by atoms with Crippen LogP contribution in [0.2, 0.25) is 0 Å². The minimum absolute atomic E-state index is 0.225. The fraction of sp³-hybridized carbons (Fsp3) is 0.0455. The Hall–Kier alpha value is -3.29. The number of nitrogens with one attached hydrogen (secondary N) is 2. The first-order valence-electron chi connectivity index (χ1n) is 9.04. The highest BCUT2D eigenvalue weighted by molar-refractivity contribution is 7.22. The van der Waals surface area contributed by atoms with Crippen molar-refractivity contribution >= 4 is 54.8 Å². The molecule has 0 saturated carbocycles. The van der Waals surface area contributed by atoms with Crippen LogP contribution >= 0.6 is 22.7 Å². The van der Waals surface area contributed by atoms with Crippen LogP contribution in [0, 0.1) is 6.92 Å². The summed E-state index contributed by atoms with van der Waals surface area (Å²) in [6.07, 6.45) is 0. The number of fused-ring (bicyclic) bond motifs is 2. The predicted octanol–water partition coefficient (Wildman–Crippen LogP) is 5.64. The second-order valence-electron chi connectivity index (χ2n) is 6.62. The van der Waals surface area contributed by atoms with E-state index in [1.807, 2.05) is 66.9 Å². The maximum atomic E-state index is 13.0. The molecule has 0 bridgehead atoms. The van der Waals surface area contributed by atoms with Gasteiger partial charge < -0.3 is 0 Å². The summed E-state index contributed by atoms with van der Waals surface area (Å²) in [4.78, 5) is 23.3. The number of hydrogen-bond acceptors (Lipinski definition) is 6. The van der Waals surface area contributed by atoms with Gasteiger partial charge in [0, 0.05) is 5.39 Å². The third-order valence-corrected chi connectivity index (χ3v) is 6.39. The van der Waals surface area contributed by atoms with E-state index in [0.717, 1.165) is 31.7 Å². The zero-order chi connectivity index (χ0) is 19.8. The summed E-state index contributed by atoms with van der Waals surface area (Å²) in [7, 11) is 0. The molecule has 0 radical (unpaired) electrons. The Kier molecular flexibility index (Phi) is 4.46. The van der Waals surface area contributed by atoms with Crippen LogP contribution in [0.1, 0.15) is 15.9 Å². The average molecular weight is 417 g/mol. The van der Waals surface area contributed by atoms with Crippen LogP contribution in [0.15, 0.2) is 66.0 Å². The van der Waals surface area contributed by atoms with Crippen molar-refractivity contribution in [2.24, 2.45) is 0 Å². The lowest BCUT2D eigenvalue weighted by atomic mass is 10.1. The number of carbonyl (C=O) groups excluding carboxylic acids is 1. The number of carbonyl (C=O) groups is 1. The topological polar surface area (TPSA) is 66.9 Å². The van der Waals surface area contributed by atoms with E-state index in [1.165, 1.54) is 16.9 Å². The Morgan fingerprint density at radius 3 is 2.72 bits per heavy atom. The van der Waals surface area contributed by atoms with Crippen molar-refractivity contribution in [3.8, 4) is 10.6 Å². The van der Waals surface area contributed by atoms with Gasteiger partial charge in [0.05, 0.1) is 31.9 Å². The van der Waals surface area contributed by atoms with Gasteiger partial charge in [-0.05, 0) is 48.2 Å². The fourth-order valence-electron chi connectivity index (χ4n) is 3.18. The monoisotopic (exact) mass is 416 g/mol. The molecule has 5 rings (SSSR count). The molecule has 0 unspecified atom stereocenters. The van der Waals surface area contributed by atoms with E-state index in [1.54, 1.807) is 11.3 Å². The van der Waals surface area contributed by atoms with Crippen LogP contribution in [0.25, 0.3) is 31.7 Å². The molecule has 0 saturated heterocycles. The molecule has 0 aliphatic rings. The number of rotatable bonds is 4.